The minimum absolute atomic E-state index is 0.0971. The number of amidine groups is 1. The predicted octanol–water partition coefficient (Wildman–Crippen LogP) is 3.68. The maximum Gasteiger partial charge on any atom is 0.173 e. The van der Waals surface area contributed by atoms with Crippen LogP contribution in [0.4, 0.5) is 0 Å². The van der Waals surface area contributed by atoms with E-state index in [1.54, 1.807) is 11.8 Å². The van der Waals surface area contributed by atoms with Crippen LogP contribution < -0.4 is 5.73 Å². The van der Waals surface area contributed by atoms with Crippen molar-refractivity contribution in [3.63, 3.8) is 0 Å². The quantitative estimate of drug-likeness (QED) is 0.906. The van der Waals surface area contributed by atoms with Gasteiger partial charge >= 0.3 is 0 Å². The molecule has 0 saturated carbocycles. The van der Waals surface area contributed by atoms with Gasteiger partial charge in [0, 0.05) is 22.3 Å². The highest BCUT2D eigenvalue weighted by atomic mass is 35.5. The Balaban J connectivity index is 2.09. The summed E-state index contributed by atoms with van der Waals surface area (Å²) >= 11 is 7.77. The predicted molar refractivity (Wildman–Crippen MR) is 87.5 cm³/mol. The summed E-state index contributed by atoms with van der Waals surface area (Å²) in [6.07, 6.45) is 0. The molecule has 1 aromatic carbocycles. The molecule has 20 heavy (non-hydrogen) atoms. The van der Waals surface area contributed by atoms with E-state index in [-0.39, 0.29) is 6.04 Å². The number of fused-ring (bicyclic) bond motifs is 1. The van der Waals surface area contributed by atoms with Crippen LogP contribution in [0.15, 0.2) is 46.1 Å². The number of nitrogens with zero attached hydrogens (tertiary/aromatic N) is 2. The van der Waals surface area contributed by atoms with Gasteiger partial charge in [0.2, 0.25) is 0 Å². The van der Waals surface area contributed by atoms with E-state index in [2.05, 4.69) is 23.3 Å². The lowest BCUT2D eigenvalue weighted by Crippen LogP contribution is -2.32. The number of rotatable bonds is 2. The molecule has 0 spiro atoms. The fourth-order valence-corrected chi connectivity index (χ4v) is 3.48. The lowest BCUT2D eigenvalue weighted by molar-refractivity contribution is 0.581. The number of thioether (sulfide) groups is 1. The van der Waals surface area contributed by atoms with Gasteiger partial charge in [-0.1, -0.05) is 35.5 Å². The molecule has 0 aliphatic carbocycles. The first-order chi connectivity index (χ1) is 9.56. The molecule has 5 heteroatoms. The van der Waals surface area contributed by atoms with Crippen molar-refractivity contribution in [2.45, 2.75) is 19.9 Å². The molecule has 104 valence electrons. The molecule has 0 saturated heterocycles. The van der Waals surface area contributed by atoms with Gasteiger partial charge in [0.15, 0.2) is 5.17 Å². The molecule has 1 unspecified atom stereocenters. The first-order valence-corrected chi connectivity index (χ1v) is 7.76. The second kappa shape index (κ2) is 5.28. The normalized spacial score (nSPS) is 19.7. The Morgan fingerprint density at radius 3 is 2.95 bits per heavy atom. The number of hydrogen-bond donors (Lipinski definition) is 1. The van der Waals surface area contributed by atoms with Crippen LogP contribution >= 0.6 is 23.4 Å². The largest absolute Gasteiger partial charge is 0.323 e. The Hall–Kier alpha value is -1.23. The average Bonchev–Trinajstić information content (AvgIpc) is 2.78. The third-order valence-electron chi connectivity index (χ3n) is 3.44. The zero-order valence-electron chi connectivity index (χ0n) is 11.4. The number of hydrogen-bond acceptors (Lipinski definition) is 4. The number of benzene rings is 1. The maximum absolute atomic E-state index is 6.11. The SMILES string of the molecule is CC1=CSC2=NC(C(C)N)=C(c3cccc(Cl)c3)CN12. The van der Waals surface area contributed by atoms with Crippen LogP contribution in [0.2, 0.25) is 5.02 Å². The van der Waals surface area contributed by atoms with Crippen molar-refractivity contribution in [1.29, 1.82) is 0 Å². The Morgan fingerprint density at radius 1 is 1.45 bits per heavy atom. The topological polar surface area (TPSA) is 41.6 Å². The number of allylic oxidation sites excluding steroid dienone is 1. The molecule has 0 fully saturated rings. The molecule has 2 aliphatic rings. The number of aliphatic imine (C=N–C) groups is 1. The molecule has 2 heterocycles. The molecule has 1 atom stereocenters. The zero-order valence-corrected chi connectivity index (χ0v) is 13.0. The van der Waals surface area contributed by atoms with Crippen molar-refractivity contribution in [3.8, 4) is 0 Å². The van der Waals surface area contributed by atoms with Crippen molar-refractivity contribution in [2.75, 3.05) is 6.54 Å². The Bertz CT molecular complexity index is 646. The van der Waals surface area contributed by atoms with E-state index >= 15 is 0 Å². The van der Waals surface area contributed by atoms with Gasteiger partial charge in [-0.05, 0) is 37.0 Å². The van der Waals surface area contributed by atoms with Crippen molar-refractivity contribution in [2.24, 2.45) is 10.7 Å². The molecular formula is C15H16ClN3S. The number of nitrogens with two attached hydrogens (primary N) is 1. The van der Waals surface area contributed by atoms with Gasteiger partial charge < -0.3 is 10.6 Å². The zero-order chi connectivity index (χ0) is 14.3. The summed E-state index contributed by atoms with van der Waals surface area (Å²) in [6, 6.07) is 7.78. The van der Waals surface area contributed by atoms with Crippen molar-refractivity contribution < 1.29 is 0 Å². The van der Waals surface area contributed by atoms with Gasteiger partial charge in [-0.25, -0.2) is 4.99 Å². The van der Waals surface area contributed by atoms with Gasteiger partial charge in [0.05, 0.1) is 12.2 Å². The van der Waals surface area contributed by atoms with E-state index in [0.29, 0.717) is 0 Å². The first kappa shape index (κ1) is 13.7. The van der Waals surface area contributed by atoms with Crippen LogP contribution in [0.1, 0.15) is 19.4 Å². The fourth-order valence-electron chi connectivity index (χ4n) is 2.40. The van der Waals surface area contributed by atoms with Gasteiger partial charge in [0.25, 0.3) is 0 Å². The Kier molecular flexibility index (Phi) is 3.63. The van der Waals surface area contributed by atoms with E-state index < -0.39 is 0 Å². The Morgan fingerprint density at radius 2 is 2.25 bits per heavy atom. The summed E-state index contributed by atoms with van der Waals surface area (Å²) in [5.41, 5.74) is 10.5. The van der Waals surface area contributed by atoms with Gasteiger partial charge in [0.1, 0.15) is 0 Å². The van der Waals surface area contributed by atoms with E-state index in [1.807, 2.05) is 25.1 Å². The second-order valence-corrected chi connectivity index (χ2v) is 6.29. The first-order valence-electron chi connectivity index (χ1n) is 6.50. The van der Waals surface area contributed by atoms with Crippen LogP contribution in [0.5, 0.6) is 0 Å². The number of halogens is 1. The average molecular weight is 306 g/mol. The highest BCUT2D eigenvalue weighted by Gasteiger charge is 2.28. The maximum atomic E-state index is 6.11. The van der Waals surface area contributed by atoms with Crippen molar-refractivity contribution in [1.82, 2.24) is 4.90 Å². The summed E-state index contributed by atoms with van der Waals surface area (Å²) < 4.78 is 0. The molecule has 2 aliphatic heterocycles. The van der Waals surface area contributed by atoms with E-state index in [1.165, 1.54) is 5.70 Å². The van der Waals surface area contributed by atoms with Gasteiger partial charge in [-0.3, -0.25) is 0 Å². The highest BCUT2D eigenvalue weighted by molar-refractivity contribution is 8.16. The highest BCUT2D eigenvalue weighted by Crippen LogP contribution is 2.36. The molecular weight excluding hydrogens is 290 g/mol. The standard InChI is InChI=1S/C15H16ClN3S/c1-9-8-20-15-18-14(10(2)17)13(7-19(9)15)11-4-3-5-12(16)6-11/h3-6,8,10H,7,17H2,1-2H3. The molecule has 0 aromatic heterocycles. The summed E-state index contributed by atoms with van der Waals surface area (Å²) in [5.74, 6) is 0. The van der Waals surface area contributed by atoms with Gasteiger partial charge in [-0.2, -0.15) is 0 Å². The Labute approximate surface area is 128 Å². The molecule has 3 rings (SSSR count). The van der Waals surface area contributed by atoms with Crippen LogP contribution in [-0.2, 0) is 0 Å². The van der Waals surface area contributed by atoms with Gasteiger partial charge in [-0.15, -0.1) is 0 Å². The van der Waals surface area contributed by atoms with E-state index in [9.17, 15) is 0 Å². The van der Waals surface area contributed by atoms with E-state index in [0.717, 1.165) is 33.6 Å². The second-order valence-electron chi connectivity index (χ2n) is 5.02. The van der Waals surface area contributed by atoms with Crippen LogP contribution in [-0.4, -0.2) is 22.7 Å². The molecule has 0 radical (unpaired) electrons. The summed E-state index contributed by atoms with van der Waals surface area (Å²) in [6.45, 7) is 4.87. The lowest BCUT2D eigenvalue weighted by Gasteiger charge is -2.29. The monoisotopic (exact) mass is 305 g/mol. The van der Waals surface area contributed by atoms with E-state index in [4.69, 9.17) is 22.3 Å². The third kappa shape index (κ3) is 2.39. The summed E-state index contributed by atoms with van der Waals surface area (Å²) in [7, 11) is 0. The molecule has 0 amide bonds. The molecule has 2 N–H and O–H groups in total. The molecule has 3 nitrogen and oxygen atoms in total. The molecule has 1 aromatic rings. The van der Waals surface area contributed by atoms with Crippen LogP contribution in [0.3, 0.4) is 0 Å². The summed E-state index contributed by atoms with van der Waals surface area (Å²) in [4.78, 5) is 6.96. The summed E-state index contributed by atoms with van der Waals surface area (Å²) in [5, 5.41) is 3.87. The smallest absolute Gasteiger partial charge is 0.173 e. The fraction of sp³-hybridized carbons (Fsp3) is 0.267. The van der Waals surface area contributed by atoms with Crippen LogP contribution in [0.25, 0.3) is 5.57 Å². The minimum atomic E-state index is -0.0971. The third-order valence-corrected chi connectivity index (χ3v) is 4.65. The molecule has 0 bridgehead atoms. The lowest BCUT2D eigenvalue weighted by atomic mass is 9.99. The van der Waals surface area contributed by atoms with Crippen LogP contribution in [0, 0.1) is 0 Å². The van der Waals surface area contributed by atoms with Crippen molar-refractivity contribution in [3.05, 3.63) is 51.7 Å². The minimum Gasteiger partial charge on any atom is -0.323 e. The van der Waals surface area contributed by atoms with Crippen molar-refractivity contribution >= 4 is 34.1 Å².